The van der Waals surface area contributed by atoms with Crippen LogP contribution in [0, 0.1) is 11.3 Å². The van der Waals surface area contributed by atoms with Gasteiger partial charge in [0.25, 0.3) is 11.5 Å². The summed E-state index contributed by atoms with van der Waals surface area (Å²) in [5, 5.41) is 12.7. The van der Waals surface area contributed by atoms with Gasteiger partial charge in [-0.2, -0.15) is 10.2 Å². The van der Waals surface area contributed by atoms with Gasteiger partial charge in [-0.3, -0.25) is 14.0 Å². The second-order valence-corrected chi connectivity index (χ2v) is 7.03. The van der Waals surface area contributed by atoms with Crippen molar-refractivity contribution in [2.24, 2.45) is 0 Å². The summed E-state index contributed by atoms with van der Waals surface area (Å²) in [6, 6.07) is 13.4. The molecule has 0 saturated carbocycles. The van der Waals surface area contributed by atoms with E-state index in [1.807, 2.05) is 13.0 Å². The molecule has 9 heteroatoms. The average Bonchev–Trinajstić information content (AvgIpc) is 2.80. The van der Waals surface area contributed by atoms with E-state index in [0.29, 0.717) is 42.6 Å². The van der Waals surface area contributed by atoms with Crippen LogP contribution in [-0.4, -0.2) is 35.1 Å². The summed E-state index contributed by atoms with van der Waals surface area (Å²) in [5.41, 5.74) is -0.379. The van der Waals surface area contributed by atoms with Crippen LogP contribution in [0.15, 0.2) is 59.0 Å². The lowest BCUT2D eigenvalue weighted by atomic mass is 10.1. The van der Waals surface area contributed by atoms with Gasteiger partial charge in [0.1, 0.15) is 28.6 Å². The first kappa shape index (κ1) is 23.0. The van der Waals surface area contributed by atoms with Crippen molar-refractivity contribution in [1.82, 2.24) is 14.7 Å². The first-order valence-corrected chi connectivity index (χ1v) is 10.3. The van der Waals surface area contributed by atoms with Crippen LogP contribution < -0.4 is 15.6 Å². The van der Waals surface area contributed by atoms with Crippen LogP contribution in [0.3, 0.4) is 0 Å². The first-order valence-electron chi connectivity index (χ1n) is 9.96. The highest BCUT2D eigenvalue weighted by atomic mass is 35.5. The number of benzene rings is 1. The summed E-state index contributed by atoms with van der Waals surface area (Å²) in [4.78, 5) is 30.0. The summed E-state index contributed by atoms with van der Waals surface area (Å²) in [6.45, 7) is 3.31. The zero-order valence-corrected chi connectivity index (χ0v) is 18.1. The number of nitrogens with one attached hydrogen (secondary N) is 1. The Bertz CT molecular complexity index is 1230. The second-order valence-electron chi connectivity index (χ2n) is 6.60. The number of halogens is 1. The molecule has 0 aliphatic rings. The lowest BCUT2D eigenvalue weighted by Gasteiger charge is -2.10. The van der Waals surface area contributed by atoms with E-state index in [-0.39, 0.29) is 17.0 Å². The van der Waals surface area contributed by atoms with Gasteiger partial charge in [-0.05, 0) is 55.8 Å². The van der Waals surface area contributed by atoms with Gasteiger partial charge in [0.2, 0.25) is 5.88 Å². The molecule has 0 radical (unpaired) electrons. The first-order chi connectivity index (χ1) is 15.5. The summed E-state index contributed by atoms with van der Waals surface area (Å²) >= 11 is 5.92. The minimum absolute atomic E-state index is 0.0235. The van der Waals surface area contributed by atoms with Gasteiger partial charge in [-0.15, -0.1) is 0 Å². The molecular weight excluding hydrogens is 432 g/mol. The van der Waals surface area contributed by atoms with E-state index in [0.717, 1.165) is 0 Å². The highest BCUT2D eigenvalue weighted by molar-refractivity contribution is 6.30. The van der Waals surface area contributed by atoms with Crippen LogP contribution in [0.5, 0.6) is 11.6 Å². The Kier molecular flexibility index (Phi) is 7.97. The number of ether oxygens (including phenoxy) is 2. The lowest BCUT2D eigenvalue weighted by Crippen LogP contribution is -2.27. The number of carbonyl (C=O) groups is 1. The van der Waals surface area contributed by atoms with Crippen molar-refractivity contribution >= 4 is 29.2 Å². The number of fused-ring (bicyclic) bond motifs is 1. The standard InChI is InChI=1S/C23H21ClN4O4/c1-2-31-13-5-11-26-21(29)16(15-25)14-19-22(32-18-9-7-17(24)8-10-18)27-20-6-3-4-12-28(20)23(19)30/h3-4,6-10,12,14H,2,5,11,13H2,1H3,(H,26,29)/b16-14+. The van der Waals surface area contributed by atoms with Crippen molar-refractivity contribution < 1.29 is 14.3 Å². The number of amides is 1. The van der Waals surface area contributed by atoms with Crippen LogP contribution in [0.4, 0.5) is 0 Å². The third kappa shape index (κ3) is 5.72. The molecule has 164 valence electrons. The van der Waals surface area contributed by atoms with Gasteiger partial charge in [-0.1, -0.05) is 17.7 Å². The SMILES string of the molecule is CCOCCCNC(=O)/C(C#N)=C/c1c(Oc2ccc(Cl)cc2)nc2ccccn2c1=O. The number of nitriles is 1. The van der Waals surface area contributed by atoms with E-state index in [9.17, 15) is 14.9 Å². The predicted molar refractivity (Wildman–Crippen MR) is 121 cm³/mol. The van der Waals surface area contributed by atoms with Gasteiger partial charge in [-0.25, -0.2) is 0 Å². The molecule has 8 nitrogen and oxygen atoms in total. The van der Waals surface area contributed by atoms with Gasteiger partial charge >= 0.3 is 0 Å². The molecule has 0 bridgehead atoms. The smallest absolute Gasteiger partial charge is 0.269 e. The molecule has 3 aromatic rings. The molecule has 1 N–H and O–H groups in total. The predicted octanol–water partition coefficient (Wildman–Crippen LogP) is 3.59. The van der Waals surface area contributed by atoms with Gasteiger partial charge in [0, 0.05) is 31.0 Å². The Morgan fingerprint density at radius 1 is 1.28 bits per heavy atom. The zero-order chi connectivity index (χ0) is 22.9. The minimum atomic E-state index is -0.598. The Morgan fingerprint density at radius 3 is 2.78 bits per heavy atom. The Hall–Kier alpha value is -3.67. The van der Waals surface area contributed by atoms with Crippen LogP contribution in [0.25, 0.3) is 11.7 Å². The zero-order valence-electron chi connectivity index (χ0n) is 17.4. The molecule has 0 aliphatic carbocycles. The largest absolute Gasteiger partial charge is 0.438 e. The van der Waals surface area contributed by atoms with E-state index in [4.69, 9.17) is 21.1 Å². The molecule has 32 heavy (non-hydrogen) atoms. The number of hydrogen-bond acceptors (Lipinski definition) is 6. The topological polar surface area (TPSA) is 106 Å². The van der Waals surface area contributed by atoms with Gasteiger partial charge in [0.05, 0.1) is 0 Å². The summed E-state index contributed by atoms with van der Waals surface area (Å²) in [7, 11) is 0. The van der Waals surface area contributed by atoms with Crippen LogP contribution in [0.1, 0.15) is 18.9 Å². The van der Waals surface area contributed by atoms with E-state index >= 15 is 0 Å². The van der Waals surface area contributed by atoms with Crippen LogP contribution in [0.2, 0.25) is 5.02 Å². The summed E-state index contributed by atoms with van der Waals surface area (Å²) in [5.74, 6) is -0.227. The van der Waals surface area contributed by atoms with Crippen molar-refractivity contribution in [2.45, 2.75) is 13.3 Å². The number of nitrogens with zero attached hydrogens (tertiary/aromatic N) is 3. The maximum Gasteiger partial charge on any atom is 0.269 e. The number of pyridine rings is 1. The third-order valence-corrected chi connectivity index (χ3v) is 4.62. The van der Waals surface area contributed by atoms with Crippen molar-refractivity contribution in [3.05, 3.63) is 75.2 Å². The fraction of sp³-hybridized carbons (Fsp3) is 0.217. The molecule has 1 aromatic carbocycles. The normalized spacial score (nSPS) is 11.2. The molecular formula is C23H21ClN4O4. The van der Waals surface area contributed by atoms with Crippen molar-refractivity contribution in [3.63, 3.8) is 0 Å². The molecule has 0 atom stereocenters. The van der Waals surface area contributed by atoms with Crippen molar-refractivity contribution in [1.29, 1.82) is 5.26 Å². The van der Waals surface area contributed by atoms with E-state index in [2.05, 4.69) is 10.3 Å². The minimum Gasteiger partial charge on any atom is -0.438 e. The van der Waals surface area contributed by atoms with E-state index < -0.39 is 11.5 Å². The molecule has 2 heterocycles. The summed E-state index contributed by atoms with van der Waals surface area (Å²) < 4.78 is 12.4. The van der Waals surface area contributed by atoms with Gasteiger partial charge in [0.15, 0.2) is 0 Å². The van der Waals surface area contributed by atoms with Gasteiger partial charge < -0.3 is 14.8 Å². The quantitative estimate of drug-likeness (QED) is 0.302. The molecule has 0 fully saturated rings. The maximum absolute atomic E-state index is 13.1. The van der Waals surface area contributed by atoms with Crippen LogP contribution >= 0.6 is 11.6 Å². The lowest BCUT2D eigenvalue weighted by molar-refractivity contribution is -0.117. The Labute approximate surface area is 189 Å². The molecule has 0 unspecified atom stereocenters. The Balaban J connectivity index is 1.98. The number of aromatic nitrogens is 2. The maximum atomic E-state index is 13.1. The highest BCUT2D eigenvalue weighted by Crippen LogP contribution is 2.25. The monoisotopic (exact) mass is 452 g/mol. The van der Waals surface area contributed by atoms with Crippen molar-refractivity contribution in [2.75, 3.05) is 19.8 Å². The van der Waals surface area contributed by atoms with E-state index in [1.54, 1.807) is 48.7 Å². The molecule has 0 saturated heterocycles. The summed E-state index contributed by atoms with van der Waals surface area (Å²) in [6.07, 6.45) is 3.34. The number of rotatable bonds is 9. The molecule has 2 aromatic heterocycles. The fourth-order valence-corrected chi connectivity index (χ4v) is 2.93. The molecule has 3 rings (SSSR count). The number of carbonyl (C=O) groups excluding carboxylic acids is 1. The molecule has 0 spiro atoms. The van der Waals surface area contributed by atoms with Crippen molar-refractivity contribution in [3.8, 4) is 17.7 Å². The molecule has 1 amide bonds. The van der Waals surface area contributed by atoms with E-state index in [1.165, 1.54) is 10.5 Å². The number of hydrogen-bond donors (Lipinski definition) is 1. The fourth-order valence-electron chi connectivity index (χ4n) is 2.81. The highest BCUT2D eigenvalue weighted by Gasteiger charge is 2.17. The second kappa shape index (κ2) is 11.1. The average molecular weight is 453 g/mol. The third-order valence-electron chi connectivity index (χ3n) is 4.37. The Morgan fingerprint density at radius 2 is 2.06 bits per heavy atom. The van der Waals surface area contributed by atoms with Crippen LogP contribution in [-0.2, 0) is 9.53 Å². The molecule has 0 aliphatic heterocycles.